The maximum absolute atomic E-state index is 11.1. The Balaban J connectivity index is 1.75. The summed E-state index contributed by atoms with van der Waals surface area (Å²) >= 11 is 13.2. The number of rotatable bonds is 9. The fraction of sp³-hybridized carbons (Fsp3) is 0.286. The second-order valence-corrected chi connectivity index (χ2v) is 9.74. The highest BCUT2D eigenvalue weighted by Gasteiger charge is 2.16. The molecule has 0 aliphatic rings. The molecule has 0 saturated carbocycles. The van der Waals surface area contributed by atoms with E-state index in [0.29, 0.717) is 44.1 Å². The summed E-state index contributed by atoms with van der Waals surface area (Å²) in [6.07, 6.45) is 0.420. The van der Waals surface area contributed by atoms with Crippen molar-refractivity contribution in [1.29, 1.82) is 5.26 Å². The fourth-order valence-electron chi connectivity index (χ4n) is 3.83. The Hall–Kier alpha value is -3.20. The summed E-state index contributed by atoms with van der Waals surface area (Å²) in [6.45, 7) is 7.72. The van der Waals surface area contributed by atoms with Crippen LogP contribution in [0.5, 0.6) is 5.75 Å². The van der Waals surface area contributed by atoms with Gasteiger partial charge in [0.1, 0.15) is 5.75 Å². The van der Waals surface area contributed by atoms with Crippen molar-refractivity contribution >= 4 is 34.9 Å². The van der Waals surface area contributed by atoms with E-state index >= 15 is 0 Å². The van der Waals surface area contributed by atoms with Gasteiger partial charge in [-0.15, -0.1) is 0 Å². The molecule has 0 radical (unpaired) electrons. The van der Waals surface area contributed by atoms with Crippen LogP contribution in [-0.4, -0.2) is 17.3 Å². The Kier molecular flexibility index (Phi) is 8.67. The number of anilines is 1. The average molecular weight is 511 g/mol. The van der Waals surface area contributed by atoms with E-state index in [2.05, 4.69) is 25.2 Å². The number of halogens is 2. The standard InChI is InChI=1S/C28H28Cl2N2O3/c1-16(2)11-20-5-6-21(12-22(20)15-31)27-25(29)13-23(14-26(27)30)32-18(4)35-24-9-7-19(8-10-24)17(3)28(33)34/h5-10,12-14,16-18,32H,11H2,1-4H3,(H,33,34). The molecule has 0 aliphatic carbocycles. The molecule has 3 aromatic rings. The molecular weight excluding hydrogens is 483 g/mol. The Morgan fingerprint density at radius 2 is 1.66 bits per heavy atom. The van der Waals surface area contributed by atoms with Crippen molar-refractivity contribution in [2.45, 2.75) is 46.3 Å². The molecule has 0 bridgehead atoms. The van der Waals surface area contributed by atoms with Gasteiger partial charge in [-0.2, -0.15) is 5.26 Å². The number of nitrogens with zero attached hydrogens (tertiary/aromatic N) is 1. The van der Waals surface area contributed by atoms with E-state index < -0.39 is 18.1 Å². The SMILES string of the molecule is CC(C)Cc1ccc(-c2c(Cl)cc(NC(C)Oc3ccc(C(C)C(=O)O)cc3)cc2Cl)cc1C#N. The van der Waals surface area contributed by atoms with E-state index in [9.17, 15) is 10.1 Å². The first-order chi connectivity index (χ1) is 16.6. The number of nitriles is 1. The van der Waals surface area contributed by atoms with Crippen molar-refractivity contribution < 1.29 is 14.6 Å². The Morgan fingerprint density at radius 3 is 2.20 bits per heavy atom. The average Bonchev–Trinajstić information content (AvgIpc) is 2.79. The number of hydrogen-bond donors (Lipinski definition) is 2. The smallest absolute Gasteiger partial charge is 0.310 e. The maximum atomic E-state index is 11.1. The van der Waals surface area contributed by atoms with Crippen LogP contribution in [0.3, 0.4) is 0 Å². The van der Waals surface area contributed by atoms with E-state index in [1.165, 1.54) is 0 Å². The third-order valence-corrected chi connectivity index (χ3v) is 6.22. The van der Waals surface area contributed by atoms with Crippen LogP contribution < -0.4 is 10.1 Å². The Bertz CT molecular complexity index is 1230. The van der Waals surface area contributed by atoms with E-state index in [1.54, 1.807) is 43.3 Å². The normalized spacial score (nSPS) is 12.6. The first-order valence-electron chi connectivity index (χ1n) is 11.4. The van der Waals surface area contributed by atoms with Crippen molar-refractivity contribution in [2.24, 2.45) is 5.92 Å². The number of carboxylic acids is 1. The largest absolute Gasteiger partial charge is 0.481 e. The minimum absolute atomic E-state index is 0.406. The Labute approximate surface area is 216 Å². The second kappa shape index (κ2) is 11.5. The summed E-state index contributed by atoms with van der Waals surface area (Å²) < 4.78 is 5.90. The molecule has 7 heteroatoms. The Morgan fingerprint density at radius 1 is 1.03 bits per heavy atom. The van der Waals surface area contributed by atoms with Gasteiger partial charge in [-0.3, -0.25) is 4.79 Å². The van der Waals surface area contributed by atoms with Crippen LogP contribution in [0.25, 0.3) is 11.1 Å². The minimum atomic E-state index is -0.874. The van der Waals surface area contributed by atoms with Gasteiger partial charge >= 0.3 is 5.97 Å². The fourth-order valence-corrected chi connectivity index (χ4v) is 4.54. The number of benzene rings is 3. The highest BCUT2D eigenvalue weighted by molar-refractivity contribution is 6.39. The van der Waals surface area contributed by atoms with Crippen LogP contribution in [0, 0.1) is 17.2 Å². The number of carboxylic acid groups (broad SMARTS) is 1. The summed E-state index contributed by atoms with van der Waals surface area (Å²) in [5, 5.41) is 22.9. The zero-order valence-corrected chi connectivity index (χ0v) is 21.6. The van der Waals surface area contributed by atoms with Crippen molar-refractivity contribution in [2.75, 3.05) is 5.32 Å². The zero-order chi connectivity index (χ0) is 25.7. The lowest BCUT2D eigenvalue weighted by atomic mass is 9.94. The van der Waals surface area contributed by atoms with Gasteiger partial charge in [-0.05, 0) is 73.2 Å². The first-order valence-corrected chi connectivity index (χ1v) is 12.1. The molecule has 0 amide bonds. The van der Waals surface area contributed by atoms with Crippen molar-refractivity contribution in [3.63, 3.8) is 0 Å². The van der Waals surface area contributed by atoms with Crippen molar-refractivity contribution in [3.8, 4) is 22.9 Å². The molecule has 0 fully saturated rings. The lowest BCUT2D eigenvalue weighted by molar-refractivity contribution is -0.138. The molecule has 2 N–H and O–H groups in total. The molecule has 0 heterocycles. The summed E-state index contributed by atoms with van der Waals surface area (Å²) in [5.41, 5.74) is 4.48. The van der Waals surface area contributed by atoms with Crippen LogP contribution in [-0.2, 0) is 11.2 Å². The quantitative estimate of drug-likeness (QED) is 0.287. The predicted octanol–water partition coefficient (Wildman–Crippen LogP) is 7.76. The van der Waals surface area contributed by atoms with E-state index in [4.69, 9.17) is 33.0 Å². The summed E-state index contributed by atoms with van der Waals surface area (Å²) in [5.74, 6) is -0.411. The monoisotopic (exact) mass is 510 g/mol. The van der Waals surface area contributed by atoms with Gasteiger partial charge in [0, 0.05) is 11.3 Å². The van der Waals surface area contributed by atoms with Gasteiger partial charge in [0.05, 0.1) is 27.6 Å². The van der Waals surface area contributed by atoms with Crippen LogP contribution >= 0.6 is 23.2 Å². The molecule has 0 aromatic heterocycles. The molecule has 0 saturated heterocycles. The number of aliphatic carboxylic acids is 1. The summed E-state index contributed by atoms with van der Waals surface area (Å²) in [4.78, 5) is 11.1. The number of carbonyl (C=O) groups is 1. The van der Waals surface area contributed by atoms with Gasteiger partial charge in [0.15, 0.2) is 6.23 Å². The number of hydrogen-bond acceptors (Lipinski definition) is 4. The van der Waals surface area contributed by atoms with Crippen LogP contribution in [0.4, 0.5) is 5.69 Å². The van der Waals surface area contributed by atoms with Crippen LogP contribution in [0.15, 0.2) is 54.6 Å². The molecule has 35 heavy (non-hydrogen) atoms. The second-order valence-electron chi connectivity index (χ2n) is 8.93. The van der Waals surface area contributed by atoms with Gasteiger partial charge in [-0.25, -0.2) is 0 Å². The zero-order valence-electron chi connectivity index (χ0n) is 20.1. The van der Waals surface area contributed by atoms with Gasteiger partial charge in [0.25, 0.3) is 0 Å². The number of ether oxygens (including phenoxy) is 1. The first kappa shape index (κ1) is 26.4. The molecule has 3 rings (SSSR count). The lowest BCUT2D eigenvalue weighted by Gasteiger charge is -2.19. The molecule has 0 spiro atoms. The topological polar surface area (TPSA) is 82.3 Å². The molecule has 182 valence electrons. The third-order valence-electron chi connectivity index (χ3n) is 5.62. The summed E-state index contributed by atoms with van der Waals surface area (Å²) in [6, 6.07) is 18.5. The predicted molar refractivity (Wildman–Crippen MR) is 141 cm³/mol. The van der Waals surface area contributed by atoms with Crippen LogP contribution in [0.2, 0.25) is 10.0 Å². The van der Waals surface area contributed by atoms with Gasteiger partial charge in [0.2, 0.25) is 0 Å². The molecule has 2 unspecified atom stereocenters. The number of nitrogens with one attached hydrogen (secondary N) is 1. The highest BCUT2D eigenvalue weighted by Crippen LogP contribution is 2.38. The van der Waals surface area contributed by atoms with E-state index in [0.717, 1.165) is 17.5 Å². The minimum Gasteiger partial charge on any atom is -0.481 e. The van der Waals surface area contributed by atoms with E-state index in [1.807, 2.05) is 25.1 Å². The molecule has 5 nitrogen and oxygen atoms in total. The molecule has 2 atom stereocenters. The lowest BCUT2D eigenvalue weighted by Crippen LogP contribution is -2.22. The van der Waals surface area contributed by atoms with Gasteiger partial charge < -0.3 is 15.2 Å². The molecular formula is C28H28Cl2N2O3. The van der Waals surface area contributed by atoms with Gasteiger partial charge in [-0.1, -0.05) is 61.3 Å². The van der Waals surface area contributed by atoms with E-state index in [-0.39, 0.29) is 0 Å². The highest BCUT2D eigenvalue weighted by atomic mass is 35.5. The maximum Gasteiger partial charge on any atom is 0.310 e. The van der Waals surface area contributed by atoms with Crippen LogP contribution in [0.1, 0.15) is 50.3 Å². The summed E-state index contributed by atoms with van der Waals surface area (Å²) in [7, 11) is 0. The molecule has 0 aliphatic heterocycles. The van der Waals surface area contributed by atoms with Crippen molar-refractivity contribution in [3.05, 3.63) is 81.3 Å². The third kappa shape index (κ3) is 6.69. The molecule has 3 aromatic carbocycles. The van der Waals surface area contributed by atoms with Crippen molar-refractivity contribution in [1.82, 2.24) is 0 Å².